The Bertz CT molecular complexity index is 663. The minimum absolute atomic E-state index is 0.0756. The van der Waals surface area contributed by atoms with Crippen molar-refractivity contribution in [3.63, 3.8) is 0 Å². The van der Waals surface area contributed by atoms with Crippen molar-refractivity contribution < 1.29 is 9.29 Å². The topological polar surface area (TPSA) is 32.6 Å². The number of rotatable bonds is 6. The number of nitrogens with zero attached hydrogens (tertiary/aromatic N) is 2. The van der Waals surface area contributed by atoms with E-state index in [4.69, 9.17) is 12.2 Å². The van der Waals surface area contributed by atoms with Crippen LogP contribution < -0.4 is 10.2 Å². The summed E-state index contributed by atoms with van der Waals surface area (Å²) in [5, 5.41) is 3.73. The van der Waals surface area contributed by atoms with Crippen molar-refractivity contribution in [1.82, 2.24) is 9.88 Å². The van der Waals surface area contributed by atoms with Crippen LogP contribution >= 0.6 is 12.2 Å². The van der Waals surface area contributed by atoms with Crippen molar-refractivity contribution in [1.29, 1.82) is 0 Å². The number of pyridine rings is 1. The second kappa shape index (κ2) is 8.70. The summed E-state index contributed by atoms with van der Waals surface area (Å²) in [6, 6.07) is 10.4. The zero-order chi connectivity index (χ0) is 17.5. The molecule has 1 aromatic heterocycles. The van der Waals surface area contributed by atoms with E-state index in [0.29, 0.717) is 10.8 Å². The number of aromatic nitrogens is 1. The van der Waals surface area contributed by atoms with E-state index in [1.165, 1.54) is 17.0 Å². The Morgan fingerprint density at radius 3 is 2.75 bits per heavy atom. The number of hydrogen-bond acceptors (Lipinski definition) is 2. The van der Waals surface area contributed by atoms with E-state index in [1.807, 2.05) is 18.3 Å². The molecule has 1 unspecified atom stereocenters. The van der Waals surface area contributed by atoms with Gasteiger partial charge in [-0.25, -0.2) is 4.39 Å². The molecular weight excluding hydrogens is 323 g/mol. The Morgan fingerprint density at radius 1 is 1.33 bits per heavy atom. The molecule has 0 aliphatic carbocycles. The van der Waals surface area contributed by atoms with Gasteiger partial charge in [-0.2, -0.15) is 0 Å². The molecule has 2 aromatic rings. The number of anilines is 1. The molecule has 0 spiro atoms. The van der Waals surface area contributed by atoms with Crippen LogP contribution in [0.25, 0.3) is 0 Å². The van der Waals surface area contributed by atoms with Gasteiger partial charge in [0.15, 0.2) is 5.11 Å². The van der Waals surface area contributed by atoms with Crippen molar-refractivity contribution in [3.8, 4) is 0 Å². The van der Waals surface area contributed by atoms with Crippen LogP contribution in [0.2, 0.25) is 0 Å². The number of likely N-dealkylation sites (N-methyl/N-ethyl adjacent to an activating group) is 1. The number of quaternary nitrogens is 1. The average molecular weight is 347 g/mol. The standard InChI is InChI=1S/C18H23FN4S/c1-14(15-6-5-9-20-13-15)23(11-10-22(2)3)18(24)21-17-8-4-7-16(19)12-17/h4-9,12-14H,10-11H2,1-3H3,(H,21,24)/p+1. The van der Waals surface area contributed by atoms with Gasteiger partial charge >= 0.3 is 0 Å². The number of thiocarbonyl (C=S) groups is 1. The van der Waals surface area contributed by atoms with Crippen LogP contribution in [-0.4, -0.2) is 42.2 Å². The normalized spacial score (nSPS) is 12.0. The largest absolute Gasteiger partial charge is 0.338 e. The van der Waals surface area contributed by atoms with E-state index in [9.17, 15) is 4.39 Å². The molecule has 1 aromatic carbocycles. The molecule has 6 heteroatoms. The zero-order valence-corrected chi connectivity index (χ0v) is 15.1. The van der Waals surface area contributed by atoms with Gasteiger partial charge in [-0.1, -0.05) is 12.1 Å². The molecule has 24 heavy (non-hydrogen) atoms. The number of nitrogens with one attached hydrogen (secondary N) is 2. The first kappa shape index (κ1) is 18.3. The Hall–Kier alpha value is -2.05. The Balaban J connectivity index is 2.16. The molecule has 128 valence electrons. The summed E-state index contributed by atoms with van der Waals surface area (Å²) in [7, 11) is 4.21. The van der Waals surface area contributed by atoms with Gasteiger partial charge < -0.3 is 15.1 Å². The van der Waals surface area contributed by atoms with Crippen molar-refractivity contribution in [2.75, 3.05) is 32.5 Å². The molecule has 0 aliphatic heterocycles. The van der Waals surface area contributed by atoms with Crippen LogP contribution in [0.1, 0.15) is 18.5 Å². The van der Waals surface area contributed by atoms with Gasteiger partial charge in [0.1, 0.15) is 5.82 Å². The van der Waals surface area contributed by atoms with E-state index in [-0.39, 0.29) is 11.9 Å². The molecular formula is C18H24FN4S+. The lowest BCUT2D eigenvalue weighted by Gasteiger charge is -2.32. The van der Waals surface area contributed by atoms with Gasteiger partial charge in [-0.3, -0.25) is 4.98 Å². The Labute approximate surface area is 148 Å². The molecule has 0 amide bonds. The number of hydrogen-bond donors (Lipinski definition) is 2. The summed E-state index contributed by atoms with van der Waals surface area (Å²) in [5.41, 5.74) is 1.75. The zero-order valence-electron chi connectivity index (χ0n) is 14.3. The molecule has 0 radical (unpaired) electrons. The van der Waals surface area contributed by atoms with Gasteiger partial charge in [0.05, 0.1) is 33.2 Å². The summed E-state index contributed by atoms with van der Waals surface area (Å²) in [4.78, 5) is 7.65. The minimum atomic E-state index is -0.285. The van der Waals surface area contributed by atoms with Crippen molar-refractivity contribution >= 4 is 23.0 Å². The third-order valence-corrected chi connectivity index (χ3v) is 4.16. The van der Waals surface area contributed by atoms with Crippen LogP contribution in [0.3, 0.4) is 0 Å². The lowest BCUT2D eigenvalue weighted by atomic mass is 10.1. The fourth-order valence-corrected chi connectivity index (χ4v) is 2.75. The third kappa shape index (κ3) is 5.25. The Morgan fingerprint density at radius 2 is 2.12 bits per heavy atom. The van der Waals surface area contributed by atoms with Crippen molar-refractivity contribution in [3.05, 3.63) is 60.2 Å². The van der Waals surface area contributed by atoms with Crippen LogP contribution in [0.4, 0.5) is 10.1 Å². The quantitative estimate of drug-likeness (QED) is 0.784. The third-order valence-electron chi connectivity index (χ3n) is 3.82. The highest BCUT2D eigenvalue weighted by Gasteiger charge is 2.20. The second-order valence-electron chi connectivity index (χ2n) is 6.05. The highest BCUT2D eigenvalue weighted by Crippen LogP contribution is 2.20. The SMILES string of the molecule is CC(c1cccnc1)N(CC[NH+](C)C)C(=S)Nc1cccc(F)c1. The fraction of sp³-hybridized carbons (Fsp3) is 0.333. The maximum absolute atomic E-state index is 13.4. The van der Waals surface area contributed by atoms with E-state index in [1.54, 1.807) is 18.3 Å². The van der Waals surface area contributed by atoms with Crippen LogP contribution in [0, 0.1) is 5.82 Å². The molecule has 2 rings (SSSR count). The van der Waals surface area contributed by atoms with Crippen LogP contribution in [0.15, 0.2) is 48.8 Å². The number of halogens is 1. The molecule has 0 saturated heterocycles. The summed E-state index contributed by atoms with van der Waals surface area (Å²) in [5.74, 6) is -0.285. The maximum atomic E-state index is 13.4. The molecule has 1 atom stereocenters. The van der Waals surface area contributed by atoms with Crippen molar-refractivity contribution in [2.24, 2.45) is 0 Å². The average Bonchev–Trinajstić information content (AvgIpc) is 2.55. The van der Waals surface area contributed by atoms with Gasteiger partial charge in [0.2, 0.25) is 0 Å². The molecule has 0 aliphatic rings. The summed E-state index contributed by atoms with van der Waals surface area (Å²) < 4.78 is 13.4. The van der Waals surface area contributed by atoms with Gasteiger partial charge in [-0.15, -0.1) is 0 Å². The summed E-state index contributed by atoms with van der Waals surface area (Å²) >= 11 is 5.59. The molecule has 4 nitrogen and oxygen atoms in total. The highest BCUT2D eigenvalue weighted by atomic mass is 32.1. The highest BCUT2D eigenvalue weighted by molar-refractivity contribution is 7.80. The smallest absolute Gasteiger partial charge is 0.174 e. The van der Waals surface area contributed by atoms with Gasteiger partial charge in [-0.05, 0) is 49.0 Å². The van der Waals surface area contributed by atoms with Crippen LogP contribution in [-0.2, 0) is 0 Å². The van der Waals surface area contributed by atoms with E-state index < -0.39 is 0 Å². The first-order valence-corrected chi connectivity index (χ1v) is 8.40. The van der Waals surface area contributed by atoms with Gasteiger partial charge in [0.25, 0.3) is 0 Å². The van der Waals surface area contributed by atoms with E-state index in [2.05, 4.69) is 36.2 Å². The van der Waals surface area contributed by atoms with E-state index >= 15 is 0 Å². The second-order valence-corrected chi connectivity index (χ2v) is 6.44. The van der Waals surface area contributed by atoms with Gasteiger partial charge in [0, 0.05) is 18.1 Å². The van der Waals surface area contributed by atoms with Crippen molar-refractivity contribution in [2.45, 2.75) is 13.0 Å². The monoisotopic (exact) mass is 347 g/mol. The molecule has 0 saturated carbocycles. The minimum Gasteiger partial charge on any atom is -0.338 e. The predicted molar refractivity (Wildman–Crippen MR) is 99.7 cm³/mol. The maximum Gasteiger partial charge on any atom is 0.174 e. The molecule has 0 fully saturated rings. The molecule has 2 N–H and O–H groups in total. The molecule has 0 bridgehead atoms. The summed E-state index contributed by atoms with van der Waals surface area (Å²) in [6.07, 6.45) is 3.61. The predicted octanol–water partition coefficient (Wildman–Crippen LogP) is 2.13. The molecule has 1 heterocycles. The lowest BCUT2D eigenvalue weighted by Crippen LogP contribution is -3.06. The first-order chi connectivity index (χ1) is 11.5. The van der Waals surface area contributed by atoms with Crippen LogP contribution in [0.5, 0.6) is 0 Å². The Kier molecular flexibility index (Phi) is 6.63. The lowest BCUT2D eigenvalue weighted by molar-refractivity contribution is -0.857. The number of benzene rings is 1. The van der Waals surface area contributed by atoms with E-state index in [0.717, 1.165) is 18.7 Å². The fourth-order valence-electron chi connectivity index (χ4n) is 2.38. The first-order valence-electron chi connectivity index (χ1n) is 7.99. The summed E-state index contributed by atoms with van der Waals surface area (Å²) in [6.45, 7) is 3.83.